The first-order chi connectivity index (χ1) is 10.5. The molecule has 2 rings (SSSR count). The number of aryl methyl sites for hydroxylation is 1. The SMILES string of the molecule is CCOc1cc(CNn2c(C)n[nH]c2=S)ccc1OC(C)C. The van der Waals surface area contributed by atoms with Crippen molar-refractivity contribution >= 4 is 12.2 Å². The van der Waals surface area contributed by atoms with Gasteiger partial charge in [-0.1, -0.05) is 6.07 Å². The zero-order valence-corrected chi connectivity index (χ0v) is 14.2. The summed E-state index contributed by atoms with van der Waals surface area (Å²) in [5, 5.41) is 6.80. The van der Waals surface area contributed by atoms with E-state index in [9.17, 15) is 0 Å². The van der Waals surface area contributed by atoms with Gasteiger partial charge in [-0.25, -0.2) is 4.68 Å². The molecule has 0 aliphatic rings. The predicted molar refractivity (Wildman–Crippen MR) is 88.6 cm³/mol. The van der Waals surface area contributed by atoms with Crippen LogP contribution in [-0.2, 0) is 6.54 Å². The topological polar surface area (TPSA) is 64.1 Å². The van der Waals surface area contributed by atoms with Crippen molar-refractivity contribution in [3.05, 3.63) is 34.4 Å². The van der Waals surface area contributed by atoms with E-state index < -0.39 is 0 Å². The van der Waals surface area contributed by atoms with Crippen LogP contribution in [0.25, 0.3) is 0 Å². The minimum atomic E-state index is 0.107. The molecule has 0 fully saturated rings. The second-order valence-electron chi connectivity index (χ2n) is 5.13. The number of aromatic nitrogens is 3. The van der Waals surface area contributed by atoms with Gasteiger partial charge in [-0.05, 0) is 57.6 Å². The number of nitrogens with zero attached hydrogens (tertiary/aromatic N) is 2. The Morgan fingerprint density at radius 3 is 2.73 bits per heavy atom. The lowest BCUT2D eigenvalue weighted by Crippen LogP contribution is -2.16. The van der Waals surface area contributed by atoms with Gasteiger partial charge >= 0.3 is 0 Å². The smallest absolute Gasteiger partial charge is 0.214 e. The molecule has 0 unspecified atom stereocenters. The Hall–Kier alpha value is -2.02. The van der Waals surface area contributed by atoms with Crippen LogP contribution in [0.3, 0.4) is 0 Å². The third-order valence-electron chi connectivity index (χ3n) is 2.95. The molecule has 6 nitrogen and oxygen atoms in total. The van der Waals surface area contributed by atoms with Gasteiger partial charge in [0.25, 0.3) is 0 Å². The lowest BCUT2D eigenvalue weighted by Gasteiger charge is -2.16. The van der Waals surface area contributed by atoms with E-state index in [4.69, 9.17) is 21.7 Å². The van der Waals surface area contributed by atoms with Crippen molar-refractivity contribution in [2.45, 2.75) is 40.3 Å². The molecule has 1 aromatic heterocycles. The van der Waals surface area contributed by atoms with Crippen LogP contribution < -0.4 is 14.9 Å². The summed E-state index contributed by atoms with van der Waals surface area (Å²) in [4.78, 5) is 0. The molecule has 0 atom stereocenters. The Morgan fingerprint density at radius 1 is 1.36 bits per heavy atom. The van der Waals surface area contributed by atoms with Gasteiger partial charge in [0.05, 0.1) is 19.3 Å². The molecule has 0 aliphatic heterocycles. The van der Waals surface area contributed by atoms with Crippen molar-refractivity contribution < 1.29 is 9.47 Å². The fraction of sp³-hybridized carbons (Fsp3) is 0.467. The standard InChI is InChI=1S/C15H22N4O2S/c1-5-20-14-8-12(6-7-13(14)21-10(2)3)9-16-19-11(4)17-18-15(19)22/h6-8,10,16H,5,9H2,1-4H3,(H,18,22). The number of ether oxygens (including phenoxy) is 2. The third kappa shape index (κ3) is 4.00. The highest BCUT2D eigenvalue weighted by Crippen LogP contribution is 2.29. The molecular formula is C15H22N4O2S. The van der Waals surface area contributed by atoms with Gasteiger partial charge < -0.3 is 14.9 Å². The van der Waals surface area contributed by atoms with Crippen LogP contribution in [0, 0.1) is 11.7 Å². The van der Waals surface area contributed by atoms with E-state index in [1.165, 1.54) is 0 Å². The quantitative estimate of drug-likeness (QED) is 0.767. The Bertz CT molecular complexity index is 678. The van der Waals surface area contributed by atoms with E-state index >= 15 is 0 Å². The summed E-state index contributed by atoms with van der Waals surface area (Å²) in [6, 6.07) is 5.92. The first kappa shape index (κ1) is 16.4. The van der Waals surface area contributed by atoms with Crippen LogP contribution in [0.5, 0.6) is 11.5 Å². The highest BCUT2D eigenvalue weighted by Gasteiger charge is 2.09. The fourth-order valence-corrected chi connectivity index (χ4v) is 2.26. The van der Waals surface area contributed by atoms with Gasteiger partial charge in [0.2, 0.25) is 4.77 Å². The predicted octanol–water partition coefficient (Wildman–Crippen LogP) is 3.18. The second-order valence-corrected chi connectivity index (χ2v) is 5.51. The monoisotopic (exact) mass is 322 g/mol. The average Bonchev–Trinajstić information content (AvgIpc) is 2.78. The maximum absolute atomic E-state index is 5.76. The van der Waals surface area contributed by atoms with Crippen LogP contribution in [0.1, 0.15) is 32.2 Å². The zero-order valence-electron chi connectivity index (χ0n) is 13.3. The molecule has 1 heterocycles. The Balaban J connectivity index is 2.14. The van der Waals surface area contributed by atoms with Crippen molar-refractivity contribution in [3.8, 4) is 11.5 Å². The van der Waals surface area contributed by atoms with E-state index in [1.54, 1.807) is 4.68 Å². The Kier molecular flexibility index (Phi) is 5.43. The number of rotatable bonds is 7. The lowest BCUT2D eigenvalue weighted by atomic mass is 10.2. The minimum absolute atomic E-state index is 0.107. The summed E-state index contributed by atoms with van der Waals surface area (Å²) in [7, 11) is 0. The molecule has 0 saturated heterocycles. The molecule has 22 heavy (non-hydrogen) atoms. The molecule has 0 aliphatic carbocycles. The maximum atomic E-state index is 5.76. The van der Waals surface area contributed by atoms with Crippen molar-refractivity contribution in [3.63, 3.8) is 0 Å². The second kappa shape index (κ2) is 7.31. The summed E-state index contributed by atoms with van der Waals surface area (Å²) >= 11 is 5.16. The summed E-state index contributed by atoms with van der Waals surface area (Å²) in [6.45, 7) is 9.03. The molecule has 2 aromatic rings. The van der Waals surface area contributed by atoms with Gasteiger partial charge in [0.15, 0.2) is 11.5 Å². The summed E-state index contributed by atoms with van der Waals surface area (Å²) in [5.74, 6) is 2.30. The van der Waals surface area contributed by atoms with Crippen LogP contribution in [0.2, 0.25) is 0 Å². The molecule has 0 amide bonds. The fourth-order valence-electron chi connectivity index (χ4n) is 2.01. The lowest BCUT2D eigenvalue weighted by molar-refractivity contribution is 0.223. The van der Waals surface area contributed by atoms with Crippen molar-refractivity contribution in [1.82, 2.24) is 14.9 Å². The molecular weight excluding hydrogens is 300 g/mol. The van der Waals surface area contributed by atoms with Crippen LogP contribution in [0.4, 0.5) is 0 Å². The maximum Gasteiger partial charge on any atom is 0.214 e. The number of H-pyrrole nitrogens is 1. The van der Waals surface area contributed by atoms with Crippen LogP contribution >= 0.6 is 12.2 Å². The number of benzene rings is 1. The summed E-state index contributed by atoms with van der Waals surface area (Å²) in [6.07, 6.45) is 0.107. The van der Waals surface area contributed by atoms with Crippen LogP contribution in [-0.4, -0.2) is 27.6 Å². The largest absolute Gasteiger partial charge is 0.490 e. The van der Waals surface area contributed by atoms with Gasteiger partial charge in [-0.3, -0.25) is 5.10 Å². The minimum Gasteiger partial charge on any atom is -0.490 e. The van der Waals surface area contributed by atoms with Crippen molar-refractivity contribution in [1.29, 1.82) is 0 Å². The third-order valence-corrected chi connectivity index (χ3v) is 3.23. The van der Waals surface area contributed by atoms with Gasteiger partial charge in [-0.2, -0.15) is 5.10 Å². The van der Waals surface area contributed by atoms with Gasteiger partial charge in [0.1, 0.15) is 5.82 Å². The molecule has 0 saturated carbocycles. The zero-order chi connectivity index (χ0) is 16.1. The number of hydrogen-bond donors (Lipinski definition) is 2. The van der Waals surface area contributed by atoms with Crippen LogP contribution in [0.15, 0.2) is 18.2 Å². The number of aromatic amines is 1. The molecule has 1 aromatic carbocycles. The van der Waals surface area contributed by atoms with Crippen molar-refractivity contribution in [2.75, 3.05) is 12.0 Å². The van der Waals surface area contributed by atoms with E-state index in [0.717, 1.165) is 22.9 Å². The molecule has 120 valence electrons. The van der Waals surface area contributed by atoms with E-state index in [2.05, 4.69) is 15.6 Å². The summed E-state index contributed by atoms with van der Waals surface area (Å²) in [5.41, 5.74) is 4.30. The number of hydrogen-bond acceptors (Lipinski definition) is 5. The molecule has 7 heteroatoms. The normalized spacial score (nSPS) is 10.8. The van der Waals surface area contributed by atoms with Gasteiger partial charge in [-0.15, -0.1) is 0 Å². The first-order valence-electron chi connectivity index (χ1n) is 7.31. The Morgan fingerprint density at radius 2 is 2.14 bits per heavy atom. The molecule has 0 radical (unpaired) electrons. The van der Waals surface area contributed by atoms with Gasteiger partial charge in [0, 0.05) is 0 Å². The highest BCUT2D eigenvalue weighted by atomic mass is 32.1. The average molecular weight is 322 g/mol. The van der Waals surface area contributed by atoms with E-state index in [0.29, 0.717) is 17.9 Å². The first-order valence-corrected chi connectivity index (χ1v) is 7.72. The highest BCUT2D eigenvalue weighted by molar-refractivity contribution is 7.71. The van der Waals surface area contributed by atoms with E-state index in [-0.39, 0.29) is 6.10 Å². The molecule has 0 bridgehead atoms. The molecule has 0 spiro atoms. The molecule has 2 N–H and O–H groups in total. The van der Waals surface area contributed by atoms with Crippen molar-refractivity contribution in [2.24, 2.45) is 0 Å². The summed E-state index contributed by atoms with van der Waals surface area (Å²) < 4.78 is 13.7. The number of nitrogens with one attached hydrogen (secondary N) is 2. The van der Waals surface area contributed by atoms with E-state index in [1.807, 2.05) is 45.9 Å². The Labute approximate surface area is 135 Å².